The highest BCUT2D eigenvalue weighted by atomic mass is 32.2. The number of nitrogens with zero attached hydrogens (tertiary/aromatic N) is 1. The Kier molecular flexibility index (Phi) is 4.93. The number of sulfonamides is 1. The third-order valence-electron chi connectivity index (χ3n) is 5.56. The van der Waals surface area contributed by atoms with E-state index in [4.69, 9.17) is 4.74 Å². The molecule has 3 rings (SSSR count). The van der Waals surface area contributed by atoms with Crippen LogP contribution in [0, 0.1) is 10.8 Å². The normalized spacial score (nSPS) is 28.9. The lowest BCUT2D eigenvalue weighted by Gasteiger charge is -2.39. The summed E-state index contributed by atoms with van der Waals surface area (Å²) in [6.07, 6.45) is 5.10. The van der Waals surface area contributed by atoms with Crippen LogP contribution in [0.2, 0.25) is 0 Å². The summed E-state index contributed by atoms with van der Waals surface area (Å²) in [5, 5.41) is 0. The van der Waals surface area contributed by atoms with Crippen LogP contribution in [0.5, 0.6) is 5.75 Å². The van der Waals surface area contributed by atoms with E-state index in [0.717, 1.165) is 37.9 Å². The molecule has 0 spiro atoms. The minimum atomic E-state index is -3.45. The Bertz CT molecular complexity index is 711. The van der Waals surface area contributed by atoms with Gasteiger partial charge in [0.2, 0.25) is 10.0 Å². The van der Waals surface area contributed by atoms with Crippen LogP contribution in [-0.2, 0) is 10.0 Å². The molecule has 4 nitrogen and oxygen atoms in total. The molecule has 0 amide bonds. The molecule has 1 aliphatic carbocycles. The van der Waals surface area contributed by atoms with Gasteiger partial charge in [-0.15, -0.1) is 0 Å². The number of hydrogen-bond acceptors (Lipinski definition) is 3. The lowest BCUT2D eigenvalue weighted by Crippen LogP contribution is -2.37. The van der Waals surface area contributed by atoms with Crippen LogP contribution in [0.15, 0.2) is 29.2 Å². The van der Waals surface area contributed by atoms with Crippen LogP contribution >= 0.6 is 0 Å². The summed E-state index contributed by atoms with van der Waals surface area (Å²) < 4.78 is 33.8. The predicted molar refractivity (Wildman–Crippen MR) is 100 cm³/mol. The van der Waals surface area contributed by atoms with E-state index in [0.29, 0.717) is 18.0 Å². The van der Waals surface area contributed by atoms with Crippen molar-refractivity contribution in [3.05, 3.63) is 24.3 Å². The Morgan fingerprint density at radius 1 is 1.16 bits per heavy atom. The molecule has 0 N–H and O–H groups in total. The first-order valence-electron chi connectivity index (χ1n) is 9.40. The monoisotopic (exact) mass is 365 g/mol. The van der Waals surface area contributed by atoms with Crippen molar-refractivity contribution < 1.29 is 13.2 Å². The Balaban J connectivity index is 1.78. The molecule has 1 heterocycles. The number of hydrogen-bond donors (Lipinski definition) is 0. The molecule has 0 aromatic heterocycles. The summed E-state index contributed by atoms with van der Waals surface area (Å²) in [6, 6.07) is 7.05. The topological polar surface area (TPSA) is 46.6 Å². The fraction of sp³-hybridized carbons (Fsp3) is 0.700. The maximum Gasteiger partial charge on any atom is 0.243 e. The van der Waals surface area contributed by atoms with Crippen LogP contribution in [0.4, 0.5) is 0 Å². The molecule has 2 fully saturated rings. The van der Waals surface area contributed by atoms with Crippen LogP contribution in [0.1, 0.15) is 59.8 Å². The molecule has 1 aromatic carbocycles. The number of benzene rings is 1. The molecule has 1 aliphatic heterocycles. The van der Waals surface area contributed by atoms with Crippen molar-refractivity contribution in [3.63, 3.8) is 0 Å². The summed E-state index contributed by atoms with van der Waals surface area (Å²) in [6.45, 7) is 10.2. The Labute approximate surface area is 152 Å². The summed E-state index contributed by atoms with van der Waals surface area (Å²) in [5.74, 6) is 0.737. The maximum absolute atomic E-state index is 13.2. The summed E-state index contributed by atoms with van der Waals surface area (Å²) in [7, 11) is -3.45. The third-order valence-corrected chi connectivity index (χ3v) is 7.48. The van der Waals surface area contributed by atoms with Crippen LogP contribution in [0.25, 0.3) is 0 Å². The number of fused-ring (bicyclic) bond motifs is 2. The van der Waals surface area contributed by atoms with E-state index in [1.165, 1.54) is 0 Å². The van der Waals surface area contributed by atoms with E-state index in [1.807, 2.05) is 0 Å². The highest BCUT2D eigenvalue weighted by Crippen LogP contribution is 2.53. The van der Waals surface area contributed by atoms with Gasteiger partial charge in [0.05, 0.1) is 11.5 Å². The molecule has 0 radical (unpaired) electrons. The molecule has 2 aliphatic rings. The van der Waals surface area contributed by atoms with Gasteiger partial charge in [0, 0.05) is 12.6 Å². The van der Waals surface area contributed by atoms with Crippen molar-refractivity contribution in [1.82, 2.24) is 4.31 Å². The molecule has 1 aromatic rings. The van der Waals surface area contributed by atoms with Gasteiger partial charge in [-0.05, 0) is 60.8 Å². The van der Waals surface area contributed by atoms with Crippen LogP contribution in [-0.4, -0.2) is 31.9 Å². The minimum Gasteiger partial charge on any atom is -0.494 e. The lowest BCUT2D eigenvalue weighted by atomic mass is 9.65. The molecular formula is C20H31NO3S. The highest BCUT2D eigenvalue weighted by Gasteiger charge is 2.53. The van der Waals surface area contributed by atoms with E-state index in [9.17, 15) is 8.42 Å². The van der Waals surface area contributed by atoms with Crippen molar-refractivity contribution >= 4 is 10.0 Å². The SMILES string of the molecule is CCCCOc1ccc(S(=O)(=O)N2CC3(C)CC2CC(C)(C)C3)cc1. The summed E-state index contributed by atoms with van der Waals surface area (Å²) >= 11 is 0. The molecule has 1 saturated heterocycles. The zero-order chi connectivity index (χ0) is 18.3. The van der Waals surface area contributed by atoms with E-state index < -0.39 is 10.0 Å². The molecule has 25 heavy (non-hydrogen) atoms. The fourth-order valence-corrected chi connectivity index (χ4v) is 6.64. The Hall–Kier alpha value is -1.07. The second-order valence-corrected chi connectivity index (χ2v) is 10.8. The second-order valence-electron chi connectivity index (χ2n) is 8.94. The number of rotatable bonds is 6. The average molecular weight is 366 g/mol. The van der Waals surface area contributed by atoms with Crippen LogP contribution in [0.3, 0.4) is 0 Å². The molecule has 2 bridgehead atoms. The molecule has 140 valence electrons. The quantitative estimate of drug-likeness (QED) is 0.700. The third kappa shape index (κ3) is 3.87. The van der Waals surface area contributed by atoms with Crippen LogP contribution < -0.4 is 4.74 Å². The van der Waals surface area contributed by atoms with E-state index in [-0.39, 0.29) is 16.9 Å². The van der Waals surface area contributed by atoms with Gasteiger partial charge in [0.1, 0.15) is 5.75 Å². The molecule has 2 unspecified atom stereocenters. The highest BCUT2D eigenvalue weighted by molar-refractivity contribution is 7.89. The molecular weight excluding hydrogens is 334 g/mol. The van der Waals surface area contributed by atoms with Crippen molar-refractivity contribution in [3.8, 4) is 5.75 Å². The van der Waals surface area contributed by atoms with E-state index >= 15 is 0 Å². The summed E-state index contributed by atoms with van der Waals surface area (Å²) in [4.78, 5) is 0.379. The average Bonchev–Trinajstić information content (AvgIpc) is 2.78. The zero-order valence-corrected chi connectivity index (χ0v) is 16.7. The van der Waals surface area contributed by atoms with Gasteiger partial charge in [0.25, 0.3) is 0 Å². The first-order valence-corrected chi connectivity index (χ1v) is 10.8. The fourth-order valence-electron chi connectivity index (χ4n) is 4.87. The van der Waals surface area contributed by atoms with Gasteiger partial charge in [-0.1, -0.05) is 34.1 Å². The number of unbranched alkanes of at least 4 members (excludes halogenated alkanes) is 1. The lowest BCUT2D eigenvalue weighted by molar-refractivity contribution is 0.133. The van der Waals surface area contributed by atoms with Gasteiger partial charge in [0.15, 0.2) is 0 Å². The van der Waals surface area contributed by atoms with Crippen molar-refractivity contribution in [2.45, 2.75) is 70.7 Å². The standard InChI is InChI=1S/C20H31NO3S/c1-5-6-11-24-17-7-9-18(10-8-17)25(22,23)21-15-20(4)13-16(21)12-19(2,3)14-20/h7-10,16H,5-6,11-15H2,1-4H3. The largest absolute Gasteiger partial charge is 0.494 e. The first kappa shape index (κ1) is 18.7. The zero-order valence-electron chi connectivity index (χ0n) is 15.9. The van der Waals surface area contributed by atoms with Gasteiger partial charge in [-0.2, -0.15) is 4.31 Å². The Morgan fingerprint density at radius 2 is 1.84 bits per heavy atom. The van der Waals surface area contributed by atoms with Crippen molar-refractivity contribution in [2.24, 2.45) is 10.8 Å². The minimum absolute atomic E-state index is 0.0999. The van der Waals surface area contributed by atoms with E-state index in [1.54, 1.807) is 28.6 Å². The van der Waals surface area contributed by atoms with Crippen molar-refractivity contribution in [2.75, 3.05) is 13.2 Å². The first-order chi connectivity index (χ1) is 11.7. The van der Waals surface area contributed by atoms with Gasteiger partial charge in [-0.25, -0.2) is 8.42 Å². The van der Waals surface area contributed by atoms with Gasteiger partial charge >= 0.3 is 0 Å². The maximum atomic E-state index is 13.2. The number of ether oxygens (including phenoxy) is 1. The van der Waals surface area contributed by atoms with E-state index in [2.05, 4.69) is 27.7 Å². The Morgan fingerprint density at radius 3 is 2.48 bits per heavy atom. The van der Waals surface area contributed by atoms with Gasteiger partial charge < -0.3 is 4.74 Å². The molecule has 1 saturated carbocycles. The molecule has 5 heteroatoms. The van der Waals surface area contributed by atoms with Crippen molar-refractivity contribution in [1.29, 1.82) is 0 Å². The van der Waals surface area contributed by atoms with Gasteiger partial charge in [-0.3, -0.25) is 0 Å². The second kappa shape index (κ2) is 6.58. The predicted octanol–water partition coefficient (Wildman–Crippen LogP) is 4.45. The summed E-state index contributed by atoms with van der Waals surface area (Å²) in [5.41, 5.74) is 0.307. The smallest absolute Gasteiger partial charge is 0.243 e. The molecule has 2 atom stereocenters.